The number of esters is 1. The number of methoxy groups -OCH3 is 1. The molecule has 0 unspecified atom stereocenters. The fourth-order valence-electron chi connectivity index (χ4n) is 12.5. The summed E-state index contributed by atoms with van der Waals surface area (Å²) in [5.41, 5.74) is -0.892. The van der Waals surface area contributed by atoms with Gasteiger partial charge in [0, 0.05) is 0 Å². The molecule has 266 valence electrons. The van der Waals surface area contributed by atoms with Gasteiger partial charge in [0.15, 0.2) is 6.29 Å². The molecule has 0 spiro atoms. The van der Waals surface area contributed by atoms with E-state index in [4.69, 9.17) is 14.2 Å². The second-order valence-electron chi connectivity index (χ2n) is 17.7. The van der Waals surface area contributed by atoms with Crippen LogP contribution in [0.25, 0.3) is 0 Å². The summed E-state index contributed by atoms with van der Waals surface area (Å²) in [4.78, 5) is 26.1. The van der Waals surface area contributed by atoms with Crippen molar-refractivity contribution in [2.45, 2.75) is 143 Å². The largest absolute Gasteiger partial charge is 0.481 e. The molecule has 5 N–H and O–H groups in total. The molecule has 1 saturated heterocycles. The predicted molar refractivity (Wildman–Crippen MR) is 172 cm³/mol. The van der Waals surface area contributed by atoms with E-state index in [1.165, 1.54) is 12.7 Å². The van der Waals surface area contributed by atoms with E-state index in [-0.39, 0.29) is 39.7 Å². The van der Waals surface area contributed by atoms with Crippen molar-refractivity contribution >= 4 is 11.9 Å². The van der Waals surface area contributed by atoms with Crippen LogP contribution in [0.5, 0.6) is 0 Å². The van der Waals surface area contributed by atoms with Gasteiger partial charge >= 0.3 is 11.9 Å². The molecular formula is C37H58O10. The number of aliphatic hydroxyl groups excluding tert-OH is 4. The van der Waals surface area contributed by atoms with Crippen molar-refractivity contribution in [2.24, 2.45) is 50.2 Å². The van der Waals surface area contributed by atoms with Crippen LogP contribution in [0, 0.1) is 50.2 Å². The van der Waals surface area contributed by atoms with Gasteiger partial charge in [-0.2, -0.15) is 0 Å². The Balaban J connectivity index is 1.30. The highest BCUT2D eigenvalue weighted by Gasteiger charge is 2.70. The van der Waals surface area contributed by atoms with Gasteiger partial charge in [-0.25, -0.2) is 0 Å². The van der Waals surface area contributed by atoms with Crippen LogP contribution in [0.3, 0.4) is 0 Å². The number of hydrogen-bond acceptors (Lipinski definition) is 9. The summed E-state index contributed by atoms with van der Waals surface area (Å²) in [7, 11) is 1.42. The molecule has 10 nitrogen and oxygen atoms in total. The zero-order valence-electron chi connectivity index (χ0n) is 29.3. The predicted octanol–water partition coefficient (Wildman–Crippen LogP) is 4.21. The Morgan fingerprint density at radius 3 is 2.21 bits per heavy atom. The van der Waals surface area contributed by atoms with Gasteiger partial charge < -0.3 is 39.7 Å². The zero-order chi connectivity index (χ0) is 34.5. The molecule has 6 aliphatic rings. The summed E-state index contributed by atoms with van der Waals surface area (Å²) in [5.74, 6) is -0.529. The minimum Gasteiger partial charge on any atom is -0.481 e. The molecule has 0 radical (unpaired) electrons. The van der Waals surface area contributed by atoms with Crippen molar-refractivity contribution in [3.63, 3.8) is 0 Å². The Bertz CT molecular complexity index is 1300. The molecule has 5 aliphatic carbocycles. The molecule has 0 bridgehead atoms. The van der Waals surface area contributed by atoms with Crippen LogP contribution in [0.1, 0.15) is 106 Å². The summed E-state index contributed by atoms with van der Waals surface area (Å²) < 4.78 is 17.4. The third-order valence-corrected chi connectivity index (χ3v) is 15.6. The summed E-state index contributed by atoms with van der Waals surface area (Å²) in [6.07, 6.45) is 3.01. The zero-order valence-corrected chi connectivity index (χ0v) is 29.3. The monoisotopic (exact) mass is 662 g/mol. The van der Waals surface area contributed by atoms with Crippen LogP contribution in [-0.4, -0.2) is 88.0 Å². The first kappa shape index (κ1) is 35.3. The lowest BCUT2D eigenvalue weighted by molar-refractivity contribution is -0.330. The molecule has 0 aromatic carbocycles. The molecular weight excluding hydrogens is 604 g/mol. The van der Waals surface area contributed by atoms with E-state index < -0.39 is 54.1 Å². The van der Waals surface area contributed by atoms with E-state index in [0.29, 0.717) is 37.5 Å². The SMILES string of the molecule is COC(=O)[C@@]1(C)CC[C@]2(C(=O)O)CC[C@]3(C)C(=CC[C@@H]4[C@@]5(C)CC[C@H](O[C@@H]6O[C@H](CO)[C@@H](O)[C@H](O)[C@H]6O)C(C)(C)[C@@H]5CC[C@]43C)[C@@H]2C1. The number of ether oxygens (including phenoxy) is 3. The third kappa shape index (κ3) is 4.78. The van der Waals surface area contributed by atoms with Gasteiger partial charge in [-0.3, -0.25) is 9.59 Å². The van der Waals surface area contributed by atoms with Crippen molar-refractivity contribution < 1.29 is 49.3 Å². The van der Waals surface area contributed by atoms with Gasteiger partial charge in [0.25, 0.3) is 0 Å². The molecule has 5 fully saturated rings. The first-order chi connectivity index (χ1) is 21.9. The first-order valence-electron chi connectivity index (χ1n) is 17.8. The summed E-state index contributed by atoms with van der Waals surface area (Å²) in [5, 5.41) is 51.8. The van der Waals surface area contributed by atoms with Crippen LogP contribution in [0.15, 0.2) is 11.6 Å². The van der Waals surface area contributed by atoms with Crippen LogP contribution >= 0.6 is 0 Å². The molecule has 1 heterocycles. The van der Waals surface area contributed by atoms with Crippen LogP contribution in [0.4, 0.5) is 0 Å². The van der Waals surface area contributed by atoms with E-state index >= 15 is 0 Å². The minimum absolute atomic E-state index is 0.0226. The van der Waals surface area contributed by atoms with Gasteiger partial charge in [0.1, 0.15) is 24.4 Å². The maximum absolute atomic E-state index is 13.1. The molecule has 6 rings (SSSR count). The van der Waals surface area contributed by atoms with E-state index in [1.807, 2.05) is 6.92 Å². The number of aliphatic hydroxyl groups is 4. The molecule has 0 aromatic heterocycles. The molecule has 14 atom stereocenters. The van der Waals surface area contributed by atoms with Gasteiger partial charge in [0.2, 0.25) is 0 Å². The van der Waals surface area contributed by atoms with Crippen molar-refractivity contribution in [2.75, 3.05) is 13.7 Å². The Morgan fingerprint density at radius 2 is 1.57 bits per heavy atom. The van der Waals surface area contributed by atoms with Crippen molar-refractivity contribution in [1.29, 1.82) is 0 Å². The fourth-order valence-corrected chi connectivity index (χ4v) is 12.5. The number of hydrogen-bond donors (Lipinski definition) is 5. The van der Waals surface area contributed by atoms with Crippen molar-refractivity contribution in [3.8, 4) is 0 Å². The Kier molecular flexibility index (Phi) is 8.62. The van der Waals surface area contributed by atoms with Crippen LogP contribution < -0.4 is 0 Å². The lowest BCUT2D eigenvalue weighted by atomic mass is 9.33. The fraction of sp³-hybridized carbons (Fsp3) is 0.892. The van der Waals surface area contributed by atoms with E-state index in [9.17, 15) is 35.1 Å². The maximum atomic E-state index is 13.1. The summed E-state index contributed by atoms with van der Waals surface area (Å²) in [6, 6.07) is 0. The molecule has 4 saturated carbocycles. The van der Waals surface area contributed by atoms with Gasteiger partial charge in [-0.1, -0.05) is 46.3 Å². The number of carbonyl (C=O) groups is 2. The van der Waals surface area contributed by atoms with Crippen molar-refractivity contribution in [1.82, 2.24) is 0 Å². The highest BCUT2D eigenvalue weighted by atomic mass is 16.7. The lowest BCUT2D eigenvalue weighted by Gasteiger charge is -2.71. The number of carboxylic acids is 1. The Hall–Kier alpha value is -1.56. The second kappa shape index (κ2) is 11.5. The summed E-state index contributed by atoms with van der Waals surface area (Å²) in [6.45, 7) is 13.2. The van der Waals surface area contributed by atoms with Crippen LogP contribution in [-0.2, 0) is 23.8 Å². The number of rotatable bonds is 5. The third-order valence-electron chi connectivity index (χ3n) is 15.6. The van der Waals surface area contributed by atoms with Gasteiger partial charge in [0.05, 0.1) is 30.7 Å². The van der Waals surface area contributed by atoms with Crippen LogP contribution in [0.2, 0.25) is 0 Å². The average Bonchev–Trinajstić information content (AvgIpc) is 3.02. The first-order valence-corrected chi connectivity index (χ1v) is 17.8. The molecule has 10 heteroatoms. The Labute approximate surface area is 279 Å². The average molecular weight is 663 g/mol. The second-order valence-corrected chi connectivity index (χ2v) is 17.7. The Morgan fingerprint density at radius 1 is 0.894 bits per heavy atom. The number of fused-ring (bicyclic) bond motifs is 7. The van der Waals surface area contributed by atoms with E-state index in [2.05, 4.69) is 40.7 Å². The highest BCUT2D eigenvalue weighted by Crippen LogP contribution is 2.76. The molecule has 0 amide bonds. The van der Waals surface area contributed by atoms with Gasteiger partial charge in [-0.05, 0) is 111 Å². The number of allylic oxidation sites excluding steroid dienone is 2. The molecule has 47 heavy (non-hydrogen) atoms. The number of carboxylic acid groups (broad SMARTS) is 1. The quantitative estimate of drug-likeness (QED) is 0.164. The minimum atomic E-state index is -1.48. The number of aliphatic carboxylic acids is 1. The van der Waals surface area contributed by atoms with E-state index in [1.54, 1.807) is 0 Å². The van der Waals surface area contributed by atoms with E-state index in [0.717, 1.165) is 38.5 Å². The normalized spacial score (nSPS) is 52.1. The topological polar surface area (TPSA) is 163 Å². The molecule has 1 aliphatic heterocycles. The molecule has 0 aromatic rings. The maximum Gasteiger partial charge on any atom is 0.311 e. The smallest absolute Gasteiger partial charge is 0.311 e. The lowest BCUT2D eigenvalue weighted by Crippen LogP contribution is -2.66. The van der Waals surface area contributed by atoms with Gasteiger partial charge in [-0.15, -0.1) is 0 Å². The van der Waals surface area contributed by atoms with Crippen molar-refractivity contribution in [3.05, 3.63) is 11.6 Å². The summed E-state index contributed by atoms with van der Waals surface area (Å²) >= 11 is 0. The number of carbonyl (C=O) groups excluding carboxylic acids is 1. The highest BCUT2D eigenvalue weighted by molar-refractivity contribution is 5.80. The standard InChI is InChI=1S/C37H58O10/c1-32(2)23-10-13-36(6)24(34(23,4)12-11-25(32)47-29-28(41)27(40)26(39)22(19-38)46-29)9-8-20-21-18-33(3,31(44)45-7)14-16-37(21,30(42)43)17-15-35(20,36)5/h8,21-29,38-41H,9-19H2,1-7H3,(H,42,43)/t21-,22+,23-,24+,25-,26+,27-,28+,29-,33-,34-,35+,36+,37-/m0/s1.